The summed E-state index contributed by atoms with van der Waals surface area (Å²) >= 11 is 1.69. The lowest BCUT2D eigenvalue weighted by atomic mass is 10.1. The fourth-order valence-electron chi connectivity index (χ4n) is 2.96. The molecule has 0 aliphatic carbocycles. The summed E-state index contributed by atoms with van der Waals surface area (Å²) in [5, 5.41) is 11.6. The minimum Gasteiger partial charge on any atom is -0.475 e. The Morgan fingerprint density at radius 2 is 2.10 bits per heavy atom. The Balaban J connectivity index is 0.000000423. The average molecular weight is 484 g/mol. The van der Waals surface area contributed by atoms with E-state index in [0.29, 0.717) is 6.54 Å². The number of fused-ring (bicyclic) bond motifs is 1. The second kappa shape index (κ2) is 10.5. The molecule has 1 aliphatic rings. The van der Waals surface area contributed by atoms with Crippen molar-refractivity contribution in [2.24, 2.45) is 0 Å². The van der Waals surface area contributed by atoms with Gasteiger partial charge in [-0.2, -0.15) is 18.3 Å². The molecule has 2 aromatic rings. The van der Waals surface area contributed by atoms with Crippen molar-refractivity contribution in [3.8, 4) is 0 Å². The molecule has 14 heteroatoms. The minimum absolute atomic E-state index is 0.113. The molecule has 0 spiro atoms. The highest BCUT2D eigenvalue weighted by molar-refractivity contribution is 7.89. The van der Waals surface area contributed by atoms with Gasteiger partial charge in [-0.25, -0.2) is 22.9 Å². The zero-order chi connectivity index (χ0) is 23.2. The van der Waals surface area contributed by atoms with Crippen molar-refractivity contribution in [1.82, 2.24) is 24.4 Å². The molecule has 2 aromatic heterocycles. The van der Waals surface area contributed by atoms with Gasteiger partial charge in [0.2, 0.25) is 10.0 Å². The van der Waals surface area contributed by atoms with E-state index in [2.05, 4.69) is 19.7 Å². The Morgan fingerprint density at radius 1 is 1.42 bits per heavy atom. The van der Waals surface area contributed by atoms with Crippen LogP contribution in [0.25, 0.3) is 0 Å². The number of nitrogens with zero attached hydrogens (tertiary/aromatic N) is 4. The molecule has 0 amide bonds. The summed E-state index contributed by atoms with van der Waals surface area (Å²) in [5.41, 5.74) is 4.15. The van der Waals surface area contributed by atoms with Gasteiger partial charge in [0.15, 0.2) is 0 Å². The Kier molecular flexibility index (Phi) is 8.57. The van der Waals surface area contributed by atoms with Crippen LogP contribution in [0.1, 0.15) is 35.7 Å². The number of carboxylic acids is 1. The highest BCUT2D eigenvalue weighted by Crippen LogP contribution is 2.25. The number of aliphatic carboxylic acids is 1. The maximum atomic E-state index is 11.6. The maximum absolute atomic E-state index is 11.6. The summed E-state index contributed by atoms with van der Waals surface area (Å²) < 4.78 is 59.6. The molecule has 1 unspecified atom stereocenters. The van der Waals surface area contributed by atoms with Gasteiger partial charge in [-0.05, 0) is 26.3 Å². The predicted octanol–water partition coefficient (Wildman–Crippen LogP) is 2.17. The van der Waals surface area contributed by atoms with Gasteiger partial charge in [-0.3, -0.25) is 9.58 Å². The van der Waals surface area contributed by atoms with Gasteiger partial charge in [-0.1, -0.05) is 0 Å². The van der Waals surface area contributed by atoms with Crippen LogP contribution in [0.2, 0.25) is 0 Å². The van der Waals surface area contributed by atoms with E-state index in [0.717, 1.165) is 31.7 Å². The van der Waals surface area contributed by atoms with Gasteiger partial charge < -0.3 is 5.11 Å². The molecule has 3 rings (SSSR count). The monoisotopic (exact) mass is 483 g/mol. The lowest BCUT2D eigenvalue weighted by molar-refractivity contribution is -0.192. The number of halogens is 3. The molecule has 1 aliphatic heterocycles. The van der Waals surface area contributed by atoms with Gasteiger partial charge in [0.05, 0.1) is 28.7 Å². The Labute approximate surface area is 181 Å². The number of alkyl halides is 3. The van der Waals surface area contributed by atoms with Crippen LogP contribution in [0.4, 0.5) is 13.2 Å². The quantitative estimate of drug-likeness (QED) is 0.620. The van der Waals surface area contributed by atoms with Crippen LogP contribution in [0, 0.1) is 6.92 Å². The van der Waals surface area contributed by atoms with Crippen LogP contribution in [-0.4, -0.2) is 64.2 Å². The molecule has 0 bridgehead atoms. The van der Waals surface area contributed by atoms with E-state index >= 15 is 0 Å². The third-order valence-electron chi connectivity index (χ3n) is 4.59. The normalized spacial score (nSPS) is 17.0. The lowest BCUT2D eigenvalue weighted by Crippen LogP contribution is -2.39. The SMILES string of the molecule is CCS(=O)(=O)NCCC1CN(Cc2scnc2C)Cc2ccnn21.O=C(O)C(F)(F)F. The van der Waals surface area contributed by atoms with Crippen molar-refractivity contribution in [3.63, 3.8) is 0 Å². The van der Waals surface area contributed by atoms with Crippen LogP contribution < -0.4 is 4.72 Å². The fraction of sp³-hybridized carbons (Fsp3) is 0.588. The number of rotatable bonds is 7. The van der Waals surface area contributed by atoms with Crippen molar-refractivity contribution in [2.45, 2.75) is 45.6 Å². The summed E-state index contributed by atoms with van der Waals surface area (Å²) in [7, 11) is -3.14. The number of thiazole rings is 1. The number of aryl methyl sites for hydroxylation is 1. The minimum atomic E-state index is -5.08. The average Bonchev–Trinajstić information content (AvgIpc) is 3.30. The van der Waals surface area contributed by atoms with Crippen LogP contribution in [0.3, 0.4) is 0 Å². The first kappa shape index (κ1) is 25.2. The molecular formula is C17H24F3N5O4S2. The van der Waals surface area contributed by atoms with Gasteiger partial charge in [-0.15, -0.1) is 11.3 Å². The van der Waals surface area contributed by atoms with Crippen molar-refractivity contribution >= 4 is 27.3 Å². The second-order valence-electron chi connectivity index (χ2n) is 6.84. The number of sulfonamides is 1. The predicted molar refractivity (Wildman–Crippen MR) is 108 cm³/mol. The van der Waals surface area contributed by atoms with E-state index in [1.165, 1.54) is 10.6 Å². The van der Waals surface area contributed by atoms with E-state index in [-0.39, 0.29) is 11.8 Å². The molecule has 9 nitrogen and oxygen atoms in total. The molecule has 2 N–H and O–H groups in total. The number of hydrogen-bond donors (Lipinski definition) is 2. The van der Waals surface area contributed by atoms with E-state index in [1.54, 1.807) is 18.3 Å². The first-order valence-corrected chi connectivity index (χ1v) is 11.9. The molecule has 31 heavy (non-hydrogen) atoms. The molecular weight excluding hydrogens is 459 g/mol. The number of carboxylic acid groups (broad SMARTS) is 1. The first-order chi connectivity index (χ1) is 14.4. The Bertz CT molecular complexity index is 975. The van der Waals surface area contributed by atoms with Crippen LogP contribution in [0.15, 0.2) is 17.8 Å². The van der Waals surface area contributed by atoms with Crippen LogP contribution >= 0.6 is 11.3 Å². The molecule has 1 atom stereocenters. The van der Waals surface area contributed by atoms with Gasteiger partial charge in [0, 0.05) is 37.3 Å². The molecule has 174 valence electrons. The third kappa shape index (κ3) is 7.55. The zero-order valence-corrected chi connectivity index (χ0v) is 18.6. The molecule has 0 fully saturated rings. The largest absolute Gasteiger partial charge is 0.490 e. The van der Waals surface area contributed by atoms with Crippen molar-refractivity contribution in [1.29, 1.82) is 0 Å². The highest BCUT2D eigenvalue weighted by Gasteiger charge is 2.38. The summed E-state index contributed by atoms with van der Waals surface area (Å²) in [6, 6.07) is 2.21. The van der Waals surface area contributed by atoms with Gasteiger partial charge >= 0.3 is 12.1 Å². The maximum Gasteiger partial charge on any atom is 0.490 e. The van der Waals surface area contributed by atoms with Crippen molar-refractivity contribution < 1.29 is 31.5 Å². The molecule has 0 aromatic carbocycles. The van der Waals surface area contributed by atoms with Crippen molar-refractivity contribution in [2.75, 3.05) is 18.8 Å². The summed E-state index contributed by atoms with van der Waals surface area (Å²) in [6.45, 7) is 6.71. The summed E-state index contributed by atoms with van der Waals surface area (Å²) in [5.74, 6) is -2.64. The Hall–Kier alpha value is -2.03. The van der Waals surface area contributed by atoms with Crippen LogP contribution in [0.5, 0.6) is 0 Å². The van der Waals surface area contributed by atoms with E-state index in [1.807, 2.05) is 29.4 Å². The molecule has 0 saturated carbocycles. The van der Waals surface area contributed by atoms with Gasteiger partial charge in [0.25, 0.3) is 0 Å². The van der Waals surface area contributed by atoms with E-state index < -0.39 is 22.2 Å². The molecule has 3 heterocycles. The lowest BCUT2D eigenvalue weighted by Gasteiger charge is -2.33. The van der Waals surface area contributed by atoms with Crippen molar-refractivity contribution in [3.05, 3.63) is 34.0 Å². The molecule has 0 saturated heterocycles. The summed E-state index contributed by atoms with van der Waals surface area (Å²) in [6.07, 6.45) is -2.54. The smallest absolute Gasteiger partial charge is 0.475 e. The fourth-order valence-corrected chi connectivity index (χ4v) is 4.41. The highest BCUT2D eigenvalue weighted by atomic mass is 32.2. The van der Waals surface area contributed by atoms with E-state index in [9.17, 15) is 21.6 Å². The standard InChI is InChI=1S/C15H23N5O2S2.C2HF3O2/c1-3-24(21,22)18-7-5-14-9-19(8-13-4-6-17-20(13)14)10-15-12(2)16-11-23-15;3-2(4,5)1(6)7/h4,6,11,14,18H,3,5,7-10H2,1-2H3;(H,6,7). The number of carbonyl (C=O) groups is 1. The Morgan fingerprint density at radius 3 is 2.65 bits per heavy atom. The van der Waals surface area contributed by atoms with Gasteiger partial charge in [0.1, 0.15) is 0 Å². The molecule has 0 radical (unpaired) electrons. The number of aromatic nitrogens is 3. The third-order valence-corrected chi connectivity index (χ3v) is 6.91. The number of nitrogens with one attached hydrogen (secondary N) is 1. The number of hydrogen-bond acceptors (Lipinski definition) is 7. The van der Waals surface area contributed by atoms with E-state index in [4.69, 9.17) is 9.90 Å². The zero-order valence-electron chi connectivity index (χ0n) is 17.0. The van der Waals surface area contributed by atoms with Crippen LogP contribution in [-0.2, 0) is 27.9 Å². The topological polar surface area (TPSA) is 117 Å². The second-order valence-corrected chi connectivity index (χ2v) is 9.88. The summed E-state index contributed by atoms with van der Waals surface area (Å²) in [4.78, 5) is 16.9. The first-order valence-electron chi connectivity index (χ1n) is 9.34.